The smallest absolute Gasteiger partial charge is 0.241 e. The Hall–Kier alpha value is -2.53. The highest BCUT2D eigenvalue weighted by Gasteiger charge is 2.19. The van der Waals surface area contributed by atoms with Crippen molar-refractivity contribution in [1.82, 2.24) is 4.90 Å². The zero-order chi connectivity index (χ0) is 16.9. The summed E-state index contributed by atoms with van der Waals surface area (Å²) < 4.78 is 11.0. The molecule has 1 aliphatic heterocycles. The van der Waals surface area contributed by atoms with Gasteiger partial charge in [-0.3, -0.25) is 9.69 Å². The number of carbonyl (C=O) groups is 1. The van der Waals surface area contributed by atoms with Crippen molar-refractivity contribution in [2.45, 2.75) is 19.5 Å². The van der Waals surface area contributed by atoms with Gasteiger partial charge in [-0.05, 0) is 31.7 Å². The van der Waals surface area contributed by atoms with Crippen LogP contribution in [0.2, 0.25) is 0 Å². The summed E-state index contributed by atoms with van der Waals surface area (Å²) in [5.41, 5.74) is 1.89. The fourth-order valence-electron chi connectivity index (χ4n) is 2.58. The number of rotatable bonds is 5. The largest absolute Gasteiger partial charge is 0.486 e. The molecule has 24 heavy (non-hydrogen) atoms. The van der Waals surface area contributed by atoms with Crippen molar-refractivity contribution in [3.63, 3.8) is 0 Å². The number of fused-ring (bicyclic) bond motifs is 1. The normalized spacial score (nSPS) is 14.3. The molecular weight excluding hydrogens is 304 g/mol. The number of hydrogen-bond donors (Lipinski definition) is 1. The van der Waals surface area contributed by atoms with Crippen molar-refractivity contribution in [3.8, 4) is 11.5 Å². The van der Waals surface area contributed by atoms with Gasteiger partial charge in [-0.15, -0.1) is 0 Å². The molecule has 1 heterocycles. The number of amides is 1. The van der Waals surface area contributed by atoms with Gasteiger partial charge in [0.2, 0.25) is 5.91 Å². The van der Waals surface area contributed by atoms with Crippen LogP contribution in [-0.4, -0.2) is 37.1 Å². The van der Waals surface area contributed by atoms with Gasteiger partial charge in [-0.1, -0.05) is 30.3 Å². The van der Waals surface area contributed by atoms with Crippen molar-refractivity contribution in [1.29, 1.82) is 0 Å². The Morgan fingerprint density at radius 3 is 2.58 bits per heavy atom. The Bertz CT molecular complexity index is 703. The molecule has 0 aromatic heterocycles. The Morgan fingerprint density at radius 2 is 1.83 bits per heavy atom. The summed E-state index contributed by atoms with van der Waals surface area (Å²) >= 11 is 0. The van der Waals surface area contributed by atoms with Gasteiger partial charge in [0.25, 0.3) is 0 Å². The molecule has 2 aromatic carbocycles. The summed E-state index contributed by atoms with van der Waals surface area (Å²) in [7, 11) is 1.95. The highest BCUT2D eigenvalue weighted by Crippen LogP contribution is 2.32. The summed E-state index contributed by atoms with van der Waals surface area (Å²) in [5, 5.41) is 2.94. The standard InChI is InChI=1S/C19H22N2O3/c1-14(21(2)13-15-6-4-3-5-7-15)19(22)20-16-8-9-17-18(12-16)24-11-10-23-17/h3-9,12,14H,10-11,13H2,1-2H3,(H,20,22)/t14-/m0/s1. The third-order valence-corrected chi connectivity index (χ3v) is 4.13. The van der Waals surface area contributed by atoms with Crippen LogP contribution in [0.25, 0.3) is 0 Å². The highest BCUT2D eigenvalue weighted by atomic mass is 16.6. The number of carbonyl (C=O) groups excluding carboxylic acids is 1. The predicted molar refractivity (Wildman–Crippen MR) is 93.4 cm³/mol. The van der Waals surface area contributed by atoms with Crippen molar-refractivity contribution >= 4 is 11.6 Å². The molecule has 0 fully saturated rings. The highest BCUT2D eigenvalue weighted by molar-refractivity contribution is 5.94. The summed E-state index contributed by atoms with van der Waals surface area (Å²) in [6.07, 6.45) is 0. The van der Waals surface area contributed by atoms with E-state index < -0.39 is 0 Å². The third-order valence-electron chi connectivity index (χ3n) is 4.13. The number of ether oxygens (including phenoxy) is 2. The monoisotopic (exact) mass is 326 g/mol. The Kier molecular flexibility index (Phi) is 5.01. The minimum Gasteiger partial charge on any atom is -0.486 e. The van der Waals surface area contributed by atoms with Crippen LogP contribution in [0.15, 0.2) is 48.5 Å². The molecule has 5 nitrogen and oxygen atoms in total. The Balaban J connectivity index is 1.61. The Morgan fingerprint density at radius 1 is 1.12 bits per heavy atom. The molecule has 126 valence electrons. The Labute approximate surface area is 142 Å². The van der Waals surface area contributed by atoms with Gasteiger partial charge in [0.1, 0.15) is 13.2 Å². The van der Waals surface area contributed by atoms with Crippen LogP contribution in [0.1, 0.15) is 12.5 Å². The molecule has 0 aliphatic carbocycles. The average Bonchev–Trinajstić information content (AvgIpc) is 2.61. The second-order valence-electron chi connectivity index (χ2n) is 5.92. The summed E-state index contributed by atoms with van der Waals surface area (Å²) in [5.74, 6) is 1.34. The molecule has 1 N–H and O–H groups in total. The first-order valence-corrected chi connectivity index (χ1v) is 8.08. The maximum Gasteiger partial charge on any atom is 0.241 e. The van der Waals surface area contributed by atoms with Crippen LogP contribution < -0.4 is 14.8 Å². The molecule has 5 heteroatoms. The fourth-order valence-corrected chi connectivity index (χ4v) is 2.58. The van der Waals surface area contributed by atoms with E-state index in [2.05, 4.69) is 17.4 Å². The van der Waals surface area contributed by atoms with Gasteiger partial charge in [-0.2, -0.15) is 0 Å². The van der Waals surface area contributed by atoms with Gasteiger partial charge < -0.3 is 14.8 Å². The van der Waals surface area contributed by atoms with E-state index >= 15 is 0 Å². The lowest BCUT2D eigenvalue weighted by Crippen LogP contribution is -2.39. The number of nitrogens with one attached hydrogen (secondary N) is 1. The molecule has 0 radical (unpaired) electrons. The predicted octanol–water partition coefficient (Wildman–Crippen LogP) is 2.92. The van der Waals surface area contributed by atoms with Crippen molar-refractivity contribution in [2.24, 2.45) is 0 Å². The lowest BCUT2D eigenvalue weighted by Gasteiger charge is -2.24. The van der Waals surface area contributed by atoms with E-state index in [1.54, 1.807) is 6.07 Å². The van der Waals surface area contributed by atoms with E-state index in [1.807, 2.05) is 49.2 Å². The molecule has 2 aromatic rings. The van der Waals surface area contributed by atoms with Gasteiger partial charge in [0.15, 0.2) is 11.5 Å². The number of likely N-dealkylation sites (N-methyl/N-ethyl adjacent to an activating group) is 1. The van der Waals surface area contributed by atoms with Gasteiger partial charge >= 0.3 is 0 Å². The number of benzene rings is 2. The number of anilines is 1. The molecule has 3 rings (SSSR count). The molecule has 0 spiro atoms. The van der Waals surface area contributed by atoms with Crippen LogP contribution in [-0.2, 0) is 11.3 Å². The lowest BCUT2D eigenvalue weighted by molar-refractivity contribution is -0.120. The summed E-state index contributed by atoms with van der Waals surface area (Å²) in [4.78, 5) is 14.5. The van der Waals surface area contributed by atoms with Crippen molar-refractivity contribution in [2.75, 3.05) is 25.6 Å². The van der Waals surface area contributed by atoms with Gasteiger partial charge in [0, 0.05) is 18.3 Å². The van der Waals surface area contributed by atoms with Gasteiger partial charge in [0.05, 0.1) is 6.04 Å². The first kappa shape index (κ1) is 16.3. The number of nitrogens with zero attached hydrogens (tertiary/aromatic N) is 1. The average molecular weight is 326 g/mol. The minimum atomic E-state index is -0.251. The molecule has 0 unspecified atom stereocenters. The van der Waals surface area contributed by atoms with E-state index in [0.29, 0.717) is 30.4 Å². The minimum absolute atomic E-state index is 0.0508. The van der Waals surface area contributed by atoms with E-state index in [0.717, 1.165) is 6.54 Å². The van der Waals surface area contributed by atoms with Crippen LogP contribution in [0, 0.1) is 0 Å². The topological polar surface area (TPSA) is 50.8 Å². The van der Waals surface area contributed by atoms with Crippen LogP contribution in [0.4, 0.5) is 5.69 Å². The molecule has 0 bridgehead atoms. The molecule has 1 amide bonds. The molecule has 0 saturated heterocycles. The van der Waals surface area contributed by atoms with Gasteiger partial charge in [-0.25, -0.2) is 0 Å². The molecule has 1 atom stereocenters. The van der Waals surface area contributed by atoms with Crippen LogP contribution in [0.3, 0.4) is 0 Å². The first-order chi connectivity index (χ1) is 11.6. The zero-order valence-corrected chi connectivity index (χ0v) is 14.0. The van der Waals surface area contributed by atoms with E-state index in [-0.39, 0.29) is 11.9 Å². The molecule has 1 aliphatic rings. The molecular formula is C19H22N2O3. The number of hydrogen-bond acceptors (Lipinski definition) is 4. The van der Waals surface area contributed by atoms with Crippen LogP contribution in [0.5, 0.6) is 11.5 Å². The second kappa shape index (κ2) is 7.36. The maximum absolute atomic E-state index is 12.5. The zero-order valence-electron chi connectivity index (χ0n) is 14.0. The van der Waals surface area contributed by atoms with Crippen molar-refractivity contribution < 1.29 is 14.3 Å². The van der Waals surface area contributed by atoms with E-state index in [1.165, 1.54) is 5.56 Å². The third kappa shape index (κ3) is 3.86. The quantitative estimate of drug-likeness (QED) is 0.918. The maximum atomic E-state index is 12.5. The van der Waals surface area contributed by atoms with E-state index in [9.17, 15) is 4.79 Å². The molecule has 0 saturated carbocycles. The fraction of sp³-hybridized carbons (Fsp3) is 0.316. The van der Waals surface area contributed by atoms with Crippen molar-refractivity contribution in [3.05, 3.63) is 54.1 Å². The SMILES string of the molecule is C[C@@H](C(=O)Nc1ccc2c(c1)OCCO2)N(C)Cc1ccccc1. The van der Waals surface area contributed by atoms with E-state index in [4.69, 9.17) is 9.47 Å². The summed E-state index contributed by atoms with van der Waals surface area (Å²) in [6.45, 7) is 3.70. The first-order valence-electron chi connectivity index (χ1n) is 8.08. The lowest BCUT2D eigenvalue weighted by atomic mass is 10.2. The second-order valence-corrected chi connectivity index (χ2v) is 5.92. The summed E-state index contributed by atoms with van der Waals surface area (Å²) in [6, 6.07) is 15.3. The van der Waals surface area contributed by atoms with Crippen LogP contribution >= 0.6 is 0 Å².